The van der Waals surface area contributed by atoms with E-state index in [4.69, 9.17) is 4.42 Å². The van der Waals surface area contributed by atoms with Gasteiger partial charge < -0.3 is 13.5 Å². The van der Waals surface area contributed by atoms with Gasteiger partial charge in [-0.1, -0.05) is 84.9 Å². The van der Waals surface area contributed by atoms with Crippen molar-refractivity contribution >= 4 is 83.3 Å². The molecule has 40 heavy (non-hydrogen) atoms. The van der Waals surface area contributed by atoms with Crippen LogP contribution < -0.4 is 10.9 Å². The van der Waals surface area contributed by atoms with Crippen molar-refractivity contribution in [1.29, 1.82) is 0 Å². The maximum Gasteiger partial charge on any atom is 0.333 e. The number of furan rings is 1. The van der Waals surface area contributed by atoms with E-state index < -0.39 is 0 Å². The molecule has 9 aromatic rings. The van der Waals surface area contributed by atoms with E-state index in [0.29, 0.717) is 0 Å². The molecule has 3 aromatic heterocycles. The molecule has 182 valence electrons. The largest absolute Gasteiger partial charge is 0.456 e. The maximum absolute atomic E-state index is 6.48. The Morgan fingerprint density at radius 1 is 0.475 bits per heavy atom. The van der Waals surface area contributed by atoms with E-state index in [-0.39, 0.29) is 6.85 Å². The topological polar surface area (TPSA) is 23.0 Å². The molecule has 5 heterocycles. The van der Waals surface area contributed by atoms with Gasteiger partial charge in [0, 0.05) is 54.6 Å². The molecule has 6 aromatic carbocycles. The number of para-hydroxylation sites is 4. The lowest BCUT2D eigenvalue weighted by molar-refractivity contribution is 0.669. The molecular weight excluding hydrogens is 487 g/mol. The fraction of sp³-hybridized carbons (Fsp3) is 0. The van der Waals surface area contributed by atoms with Gasteiger partial charge >= 0.3 is 6.85 Å². The zero-order valence-electron chi connectivity index (χ0n) is 21.3. The van der Waals surface area contributed by atoms with Gasteiger partial charge in [-0.15, -0.1) is 0 Å². The molecule has 0 unspecified atom stereocenters. The third-order valence-electron chi connectivity index (χ3n) is 9.50. The summed E-state index contributed by atoms with van der Waals surface area (Å²) >= 11 is 0. The average molecular weight is 506 g/mol. The SMILES string of the molecule is c1ccc2c(c1)oc1ccc3c(c12)B1c2c(ccc4c5ccccc5n-3c24)-c2cccc3c4ccccc4n1c23. The van der Waals surface area contributed by atoms with Gasteiger partial charge in [0.1, 0.15) is 11.2 Å². The number of nitrogens with zero attached hydrogens (tertiary/aromatic N) is 2. The first-order chi connectivity index (χ1) is 19.9. The van der Waals surface area contributed by atoms with Crippen molar-refractivity contribution in [2.24, 2.45) is 0 Å². The van der Waals surface area contributed by atoms with Crippen LogP contribution in [0.4, 0.5) is 0 Å². The Morgan fingerprint density at radius 3 is 2.10 bits per heavy atom. The van der Waals surface area contributed by atoms with Crippen LogP contribution in [0.15, 0.2) is 120 Å². The van der Waals surface area contributed by atoms with Crippen LogP contribution in [0.5, 0.6) is 0 Å². The van der Waals surface area contributed by atoms with Crippen LogP contribution in [0.1, 0.15) is 0 Å². The second-order valence-corrected chi connectivity index (χ2v) is 11.2. The summed E-state index contributed by atoms with van der Waals surface area (Å²) in [4.78, 5) is 0. The van der Waals surface area contributed by atoms with Crippen LogP contribution in [0.2, 0.25) is 0 Å². The summed E-state index contributed by atoms with van der Waals surface area (Å²) in [7, 11) is 0. The maximum atomic E-state index is 6.48. The molecule has 0 aliphatic carbocycles. The summed E-state index contributed by atoms with van der Waals surface area (Å²) in [5.74, 6) is 0. The predicted molar refractivity (Wildman–Crippen MR) is 167 cm³/mol. The molecule has 0 fully saturated rings. The Labute approximate surface area is 228 Å². The summed E-state index contributed by atoms with van der Waals surface area (Å²) < 4.78 is 11.6. The molecule has 0 spiro atoms. The minimum atomic E-state index is 0.0209. The monoisotopic (exact) mass is 506 g/mol. The average Bonchev–Trinajstić information content (AvgIpc) is 3.67. The number of aromatic nitrogens is 2. The van der Waals surface area contributed by atoms with Gasteiger partial charge in [-0.2, -0.15) is 0 Å². The highest BCUT2D eigenvalue weighted by Crippen LogP contribution is 2.44. The van der Waals surface area contributed by atoms with Gasteiger partial charge in [0.15, 0.2) is 0 Å². The fourth-order valence-electron chi connectivity index (χ4n) is 8.09. The zero-order valence-corrected chi connectivity index (χ0v) is 21.3. The number of benzene rings is 6. The Balaban J connectivity index is 1.49. The fourth-order valence-corrected chi connectivity index (χ4v) is 8.09. The second kappa shape index (κ2) is 6.49. The van der Waals surface area contributed by atoms with Crippen molar-refractivity contribution in [3.63, 3.8) is 0 Å². The summed E-state index contributed by atoms with van der Waals surface area (Å²) in [6, 6.07) is 42.2. The highest BCUT2D eigenvalue weighted by molar-refractivity contribution is 6.92. The van der Waals surface area contributed by atoms with Gasteiger partial charge in [-0.3, -0.25) is 0 Å². The molecule has 0 saturated carbocycles. The lowest BCUT2D eigenvalue weighted by Crippen LogP contribution is -2.55. The predicted octanol–water partition coefficient (Wildman–Crippen LogP) is 7.74. The number of hydrogen-bond acceptors (Lipinski definition) is 1. The van der Waals surface area contributed by atoms with Crippen molar-refractivity contribution in [1.82, 2.24) is 9.05 Å². The summed E-state index contributed by atoms with van der Waals surface area (Å²) in [5.41, 5.74) is 13.6. The molecule has 3 nitrogen and oxygen atoms in total. The first-order valence-corrected chi connectivity index (χ1v) is 13.9. The Bertz CT molecular complexity index is 2610. The van der Waals surface area contributed by atoms with E-state index >= 15 is 0 Å². The van der Waals surface area contributed by atoms with E-state index in [9.17, 15) is 0 Å². The first-order valence-electron chi connectivity index (χ1n) is 13.9. The Hall–Kier alpha value is -5.22. The molecule has 0 amide bonds. The number of rotatable bonds is 0. The molecule has 0 atom stereocenters. The number of hydrogen-bond donors (Lipinski definition) is 0. The van der Waals surface area contributed by atoms with Gasteiger partial charge in [-0.05, 0) is 46.8 Å². The highest BCUT2D eigenvalue weighted by Gasteiger charge is 2.42. The third kappa shape index (κ3) is 2.03. The van der Waals surface area contributed by atoms with Crippen LogP contribution in [0, 0.1) is 0 Å². The molecule has 4 heteroatoms. The van der Waals surface area contributed by atoms with Crippen LogP contribution >= 0.6 is 0 Å². The van der Waals surface area contributed by atoms with Crippen LogP contribution in [-0.4, -0.2) is 15.9 Å². The smallest absolute Gasteiger partial charge is 0.333 e. The Kier molecular flexibility index (Phi) is 3.21. The van der Waals surface area contributed by atoms with Gasteiger partial charge in [0.05, 0.1) is 11.0 Å². The summed E-state index contributed by atoms with van der Waals surface area (Å²) in [6.45, 7) is 0.0209. The zero-order chi connectivity index (χ0) is 25.7. The normalized spacial score (nSPS) is 13.4. The van der Waals surface area contributed by atoms with E-state index in [0.717, 1.165) is 11.2 Å². The first kappa shape index (κ1) is 19.8. The molecule has 0 radical (unpaired) electrons. The minimum Gasteiger partial charge on any atom is -0.456 e. The molecule has 0 N–H and O–H groups in total. The molecule has 0 saturated heterocycles. The lowest BCUT2D eigenvalue weighted by atomic mass is 9.45. The van der Waals surface area contributed by atoms with Gasteiger partial charge in [0.25, 0.3) is 0 Å². The quantitative estimate of drug-likeness (QED) is 0.193. The minimum absolute atomic E-state index is 0.0209. The van der Waals surface area contributed by atoms with Crippen molar-refractivity contribution in [2.45, 2.75) is 0 Å². The molecule has 2 aliphatic heterocycles. The molecule has 2 aliphatic rings. The summed E-state index contributed by atoms with van der Waals surface area (Å²) in [6.07, 6.45) is 0. The van der Waals surface area contributed by atoms with E-state index in [1.54, 1.807) is 0 Å². The van der Waals surface area contributed by atoms with Crippen molar-refractivity contribution in [3.8, 4) is 16.8 Å². The van der Waals surface area contributed by atoms with Crippen LogP contribution in [-0.2, 0) is 0 Å². The van der Waals surface area contributed by atoms with E-state index in [2.05, 4.69) is 124 Å². The van der Waals surface area contributed by atoms with Crippen molar-refractivity contribution in [2.75, 3.05) is 0 Å². The van der Waals surface area contributed by atoms with Gasteiger partial charge in [-0.25, -0.2) is 0 Å². The number of fused-ring (bicyclic) bond motifs is 15. The van der Waals surface area contributed by atoms with Crippen molar-refractivity contribution < 1.29 is 4.42 Å². The summed E-state index contributed by atoms with van der Waals surface area (Å²) in [5, 5.41) is 7.63. The molecule has 11 rings (SSSR count). The van der Waals surface area contributed by atoms with E-state index in [1.165, 1.54) is 82.1 Å². The second-order valence-electron chi connectivity index (χ2n) is 11.2. The molecular formula is C36H19BN2O. The van der Waals surface area contributed by atoms with Crippen molar-refractivity contribution in [3.05, 3.63) is 115 Å². The van der Waals surface area contributed by atoms with Crippen LogP contribution in [0.25, 0.3) is 82.4 Å². The van der Waals surface area contributed by atoms with E-state index in [1.807, 2.05) is 0 Å². The Morgan fingerprint density at radius 2 is 1.20 bits per heavy atom. The standard InChI is InChI=1S/C36H19BN2O/c1-4-13-27-20(8-1)25-17-16-22-24-12-7-11-23-21-9-2-5-14-28(21)39(35(23)24)37-33(22)36(25)38(27)29-18-19-31-32(34(29)37)26-10-3-6-15-30(26)40-31/h1-19H. The lowest BCUT2D eigenvalue weighted by Gasteiger charge is -2.34. The van der Waals surface area contributed by atoms with Crippen LogP contribution in [0.3, 0.4) is 0 Å². The van der Waals surface area contributed by atoms with Gasteiger partial charge in [0.2, 0.25) is 0 Å². The highest BCUT2D eigenvalue weighted by atomic mass is 16.3. The molecule has 0 bridgehead atoms. The third-order valence-corrected chi connectivity index (χ3v) is 9.50.